The third-order valence-corrected chi connectivity index (χ3v) is 2.43. The molecule has 4 nitrogen and oxygen atoms in total. The van der Waals surface area contributed by atoms with Crippen LogP contribution in [-0.2, 0) is 14.8 Å². The fraction of sp³-hybridized carbons (Fsp3) is 1.00. The average molecular weight is 165 g/mol. The maximum Gasteiger partial charge on any atom is 0.209 e. The molecular weight excluding hydrogens is 154 g/mol. The molecule has 1 saturated heterocycles. The maximum atomic E-state index is 10.5. The number of hydrogen-bond donors (Lipinski definition) is 1. The van der Waals surface area contributed by atoms with Crippen LogP contribution in [-0.4, -0.2) is 27.4 Å². The van der Waals surface area contributed by atoms with E-state index in [0.29, 0.717) is 13.2 Å². The van der Waals surface area contributed by atoms with Crippen LogP contribution in [0, 0.1) is 5.92 Å². The molecule has 5 heteroatoms. The molecular formula is C5H11NO3S. The van der Waals surface area contributed by atoms with Crippen molar-refractivity contribution in [1.82, 2.24) is 0 Å². The van der Waals surface area contributed by atoms with Gasteiger partial charge in [0.25, 0.3) is 0 Å². The van der Waals surface area contributed by atoms with Crippen LogP contribution in [0.25, 0.3) is 0 Å². The van der Waals surface area contributed by atoms with E-state index in [9.17, 15) is 8.42 Å². The van der Waals surface area contributed by atoms with Gasteiger partial charge in [-0.15, -0.1) is 0 Å². The molecule has 0 aromatic carbocycles. The van der Waals surface area contributed by atoms with E-state index in [1.54, 1.807) is 0 Å². The van der Waals surface area contributed by atoms with Gasteiger partial charge in [0.1, 0.15) is 0 Å². The average Bonchev–Trinajstić information content (AvgIpc) is 2.12. The summed E-state index contributed by atoms with van der Waals surface area (Å²) >= 11 is 0. The van der Waals surface area contributed by atoms with Crippen molar-refractivity contribution >= 4 is 10.0 Å². The van der Waals surface area contributed by atoms with E-state index in [2.05, 4.69) is 0 Å². The minimum Gasteiger partial charge on any atom is -0.381 e. The van der Waals surface area contributed by atoms with Crippen LogP contribution in [0.1, 0.15) is 6.42 Å². The first kappa shape index (κ1) is 7.97. The Morgan fingerprint density at radius 2 is 2.30 bits per heavy atom. The fourth-order valence-corrected chi connectivity index (χ4v) is 1.96. The summed E-state index contributed by atoms with van der Waals surface area (Å²) in [5.41, 5.74) is 0. The third kappa shape index (κ3) is 2.64. The lowest BCUT2D eigenvalue weighted by atomic mass is 10.2. The molecule has 1 fully saturated rings. The highest BCUT2D eigenvalue weighted by molar-refractivity contribution is 7.89. The van der Waals surface area contributed by atoms with Crippen LogP contribution in [0.15, 0.2) is 0 Å². The first-order chi connectivity index (χ1) is 4.58. The van der Waals surface area contributed by atoms with Crippen LogP contribution in [0.5, 0.6) is 0 Å². The van der Waals surface area contributed by atoms with Crippen molar-refractivity contribution in [2.45, 2.75) is 6.42 Å². The second kappa shape index (κ2) is 2.86. The smallest absolute Gasteiger partial charge is 0.209 e. The van der Waals surface area contributed by atoms with Gasteiger partial charge < -0.3 is 4.74 Å². The number of hydrogen-bond acceptors (Lipinski definition) is 3. The Balaban J connectivity index is 2.38. The lowest BCUT2D eigenvalue weighted by Gasteiger charge is -2.02. The van der Waals surface area contributed by atoms with E-state index in [4.69, 9.17) is 9.88 Å². The number of rotatable bonds is 2. The largest absolute Gasteiger partial charge is 0.381 e. The van der Waals surface area contributed by atoms with E-state index in [1.807, 2.05) is 0 Å². The van der Waals surface area contributed by atoms with Gasteiger partial charge in [-0.2, -0.15) is 0 Å². The van der Waals surface area contributed by atoms with Crippen molar-refractivity contribution in [3.05, 3.63) is 0 Å². The van der Waals surface area contributed by atoms with E-state index in [0.717, 1.165) is 6.42 Å². The molecule has 0 spiro atoms. The molecule has 0 amide bonds. The lowest BCUT2D eigenvalue weighted by molar-refractivity contribution is 0.188. The standard InChI is InChI=1S/C5H11NO3S/c6-10(7,8)4-5-1-2-9-3-5/h5H,1-4H2,(H2,6,7,8). The number of nitrogens with two attached hydrogens (primary N) is 1. The van der Waals surface area contributed by atoms with Gasteiger partial charge in [0.2, 0.25) is 10.0 Å². The monoisotopic (exact) mass is 165 g/mol. The number of ether oxygens (including phenoxy) is 1. The summed E-state index contributed by atoms with van der Waals surface area (Å²) in [6.07, 6.45) is 0.816. The van der Waals surface area contributed by atoms with Crippen molar-refractivity contribution < 1.29 is 13.2 Å². The molecule has 1 rings (SSSR count). The predicted octanol–water partition coefficient (Wildman–Crippen LogP) is -0.689. The van der Waals surface area contributed by atoms with Gasteiger partial charge in [-0.25, -0.2) is 13.6 Å². The van der Waals surface area contributed by atoms with E-state index < -0.39 is 10.0 Å². The number of primary sulfonamides is 1. The Hall–Kier alpha value is -0.130. The minimum absolute atomic E-state index is 0.0625. The Morgan fingerprint density at radius 3 is 2.70 bits per heavy atom. The summed E-state index contributed by atoms with van der Waals surface area (Å²) in [7, 11) is -3.29. The fourth-order valence-electron chi connectivity index (χ4n) is 1.04. The zero-order chi connectivity index (χ0) is 7.61. The van der Waals surface area contributed by atoms with Gasteiger partial charge in [0, 0.05) is 6.61 Å². The Kier molecular flexibility index (Phi) is 2.28. The van der Waals surface area contributed by atoms with E-state index in [1.165, 1.54) is 0 Å². The zero-order valence-electron chi connectivity index (χ0n) is 5.62. The Labute approximate surface area is 60.4 Å². The molecule has 1 aliphatic heterocycles. The molecule has 1 aliphatic rings. The molecule has 0 radical (unpaired) electrons. The summed E-state index contributed by atoms with van der Waals surface area (Å²) in [5, 5.41) is 4.83. The minimum atomic E-state index is -3.29. The molecule has 0 aromatic rings. The van der Waals surface area contributed by atoms with E-state index >= 15 is 0 Å². The summed E-state index contributed by atoms with van der Waals surface area (Å²) in [6.45, 7) is 1.20. The van der Waals surface area contributed by atoms with Gasteiger partial charge in [-0.05, 0) is 12.3 Å². The molecule has 0 saturated carbocycles. The van der Waals surface area contributed by atoms with Gasteiger partial charge in [-0.1, -0.05) is 0 Å². The summed E-state index contributed by atoms with van der Waals surface area (Å²) in [6, 6.07) is 0. The molecule has 60 valence electrons. The second-order valence-corrected chi connectivity index (χ2v) is 4.22. The molecule has 1 heterocycles. The number of sulfonamides is 1. The Bertz CT molecular complexity index is 193. The molecule has 0 bridgehead atoms. The third-order valence-electron chi connectivity index (χ3n) is 1.49. The molecule has 1 atom stereocenters. The molecule has 0 aliphatic carbocycles. The van der Waals surface area contributed by atoms with Crippen LogP contribution >= 0.6 is 0 Å². The van der Waals surface area contributed by atoms with Crippen molar-refractivity contribution in [1.29, 1.82) is 0 Å². The van der Waals surface area contributed by atoms with E-state index in [-0.39, 0.29) is 11.7 Å². The normalized spacial score (nSPS) is 27.1. The molecule has 0 aromatic heterocycles. The van der Waals surface area contributed by atoms with Gasteiger partial charge in [0.15, 0.2) is 0 Å². The van der Waals surface area contributed by atoms with Crippen LogP contribution in [0.3, 0.4) is 0 Å². The van der Waals surface area contributed by atoms with Gasteiger partial charge in [0.05, 0.1) is 12.4 Å². The SMILES string of the molecule is NS(=O)(=O)CC1CCOC1. The predicted molar refractivity (Wildman–Crippen MR) is 36.9 cm³/mol. The highest BCUT2D eigenvalue weighted by Gasteiger charge is 2.20. The summed E-state index contributed by atoms with van der Waals surface area (Å²) in [5.74, 6) is 0.183. The van der Waals surface area contributed by atoms with Crippen molar-refractivity contribution in [2.24, 2.45) is 11.1 Å². The summed E-state index contributed by atoms with van der Waals surface area (Å²) < 4.78 is 26.0. The van der Waals surface area contributed by atoms with Crippen molar-refractivity contribution in [2.75, 3.05) is 19.0 Å². The second-order valence-electron chi connectivity index (χ2n) is 2.56. The first-order valence-electron chi connectivity index (χ1n) is 3.16. The first-order valence-corrected chi connectivity index (χ1v) is 4.88. The molecule has 10 heavy (non-hydrogen) atoms. The van der Waals surface area contributed by atoms with Crippen LogP contribution in [0.2, 0.25) is 0 Å². The maximum absolute atomic E-state index is 10.5. The quantitative estimate of drug-likeness (QED) is 0.589. The lowest BCUT2D eigenvalue weighted by Crippen LogP contribution is -2.23. The highest BCUT2D eigenvalue weighted by Crippen LogP contribution is 2.12. The topological polar surface area (TPSA) is 69.4 Å². The van der Waals surface area contributed by atoms with Crippen molar-refractivity contribution in [3.8, 4) is 0 Å². The zero-order valence-corrected chi connectivity index (χ0v) is 6.43. The Morgan fingerprint density at radius 1 is 1.60 bits per heavy atom. The van der Waals surface area contributed by atoms with Crippen molar-refractivity contribution in [3.63, 3.8) is 0 Å². The molecule has 1 unspecified atom stereocenters. The van der Waals surface area contributed by atoms with Crippen LogP contribution in [0.4, 0.5) is 0 Å². The van der Waals surface area contributed by atoms with Gasteiger partial charge in [-0.3, -0.25) is 0 Å². The van der Waals surface area contributed by atoms with Gasteiger partial charge >= 0.3 is 0 Å². The molecule has 2 N–H and O–H groups in total. The summed E-state index contributed by atoms with van der Waals surface area (Å²) in [4.78, 5) is 0. The highest BCUT2D eigenvalue weighted by atomic mass is 32.2. The van der Waals surface area contributed by atoms with Crippen LogP contribution < -0.4 is 5.14 Å².